The maximum absolute atomic E-state index is 12.8. The topological polar surface area (TPSA) is 69.0 Å². The average Bonchev–Trinajstić information content (AvgIpc) is 3.12. The summed E-state index contributed by atoms with van der Waals surface area (Å²) in [7, 11) is 0. The van der Waals surface area contributed by atoms with Crippen LogP contribution in [0.25, 0.3) is 0 Å². The second-order valence-corrected chi connectivity index (χ2v) is 9.02. The zero-order valence-electron chi connectivity index (χ0n) is 19.6. The van der Waals surface area contributed by atoms with Crippen LogP contribution in [-0.4, -0.2) is 95.2 Å². The third-order valence-electron chi connectivity index (χ3n) is 5.94. The van der Waals surface area contributed by atoms with E-state index in [4.69, 9.17) is 4.99 Å². The lowest BCUT2D eigenvalue weighted by Gasteiger charge is -2.39. The first-order chi connectivity index (χ1) is 14.4. The Kier molecular flexibility index (Phi) is 10.5. The van der Waals surface area contributed by atoms with Crippen molar-refractivity contribution in [1.29, 1.82) is 0 Å². The van der Waals surface area contributed by atoms with Gasteiger partial charge in [-0.15, -0.1) is 24.0 Å². The predicted molar refractivity (Wildman–Crippen MR) is 136 cm³/mol. The van der Waals surface area contributed by atoms with Gasteiger partial charge in [0.2, 0.25) is 5.91 Å². The molecular formula is C22H40IN7O. The number of rotatable bonds is 6. The molecule has 3 rings (SSSR count). The Morgan fingerprint density at radius 2 is 1.84 bits per heavy atom. The van der Waals surface area contributed by atoms with Gasteiger partial charge in [-0.3, -0.25) is 19.4 Å². The molecule has 2 aliphatic rings. The number of guanidine groups is 1. The van der Waals surface area contributed by atoms with Gasteiger partial charge in [0.05, 0.1) is 25.8 Å². The minimum absolute atomic E-state index is 0. The van der Waals surface area contributed by atoms with Gasteiger partial charge in [-0.2, -0.15) is 5.10 Å². The van der Waals surface area contributed by atoms with Crippen molar-refractivity contribution in [2.75, 3.05) is 58.9 Å². The van der Waals surface area contributed by atoms with Crippen LogP contribution in [0.1, 0.15) is 32.8 Å². The van der Waals surface area contributed by atoms with Crippen LogP contribution in [0.3, 0.4) is 0 Å². The van der Waals surface area contributed by atoms with Crippen LogP contribution in [0.5, 0.6) is 0 Å². The molecule has 0 aliphatic carbocycles. The molecule has 3 heterocycles. The summed E-state index contributed by atoms with van der Waals surface area (Å²) in [6.07, 6.45) is 5.15. The van der Waals surface area contributed by atoms with Gasteiger partial charge in [0.15, 0.2) is 5.96 Å². The maximum Gasteiger partial charge on any atom is 0.236 e. The van der Waals surface area contributed by atoms with Gasteiger partial charge in [0, 0.05) is 52.0 Å². The first kappa shape index (κ1) is 25.9. The van der Waals surface area contributed by atoms with Gasteiger partial charge < -0.3 is 15.1 Å². The van der Waals surface area contributed by atoms with Crippen LogP contribution in [0, 0.1) is 18.8 Å². The van der Waals surface area contributed by atoms with E-state index in [2.05, 4.69) is 45.9 Å². The normalized spacial score (nSPS) is 22.9. The monoisotopic (exact) mass is 545 g/mol. The van der Waals surface area contributed by atoms with Crippen molar-refractivity contribution < 1.29 is 4.79 Å². The molecule has 0 spiro atoms. The minimum Gasteiger partial charge on any atom is -0.357 e. The molecular weight excluding hydrogens is 505 g/mol. The molecule has 0 aromatic carbocycles. The molecule has 0 saturated carbocycles. The van der Waals surface area contributed by atoms with Gasteiger partial charge in [-0.1, -0.05) is 13.8 Å². The van der Waals surface area contributed by atoms with Gasteiger partial charge in [-0.25, -0.2) is 0 Å². The van der Waals surface area contributed by atoms with Crippen LogP contribution in [-0.2, 0) is 11.3 Å². The molecule has 1 N–H and O–H groups in total. The minimum atomic E-state index is 0. The van der Waals surface area contributed by atoms with Crippen molar-refractivity contribution in [3.63, 3.8) is 0 Å². The van der Waals surface area contributed by atoms with Crippen molar-refractivity contribution in [1.82, 2.24) is 29.8 Å². The maximum atomic E-state index is 12.8. The number of aryl methyl sites for hydroxylation is 1. The first-order valence-electron chi connectivity index (χ1n) is 11.5. The molecule has 8 nitrogen and oxygen atoms in total. The van der Waals surface area contributed by atoms with Gasteiger partial charge in [0.1, 0.15) is 0 Å². The summed E-state index contributed by atoms with van der Waals surface area (Å²) >= 11 is 0. The highest BCUT2D eigenvalue weighted by Gasteiger charge is 2.28. The second-order valence-electron chi connectivity index (χ2n) is 9.02. The molecule has 0 radical (unpaired) electrons. The number of piperidine rings is 1. The Morgan fingerprint density at radius 1 is 1.16 bits per heavy atom. The standard InChI is InChI=1S/C22H39N7O.HI/c1-5-23-22(24-6-7-29-16-20(4)13-25-29)27-10-8-26(9-11-27)17-21(30)28-14-18(2)12-19(3)15-28;/h13,16,18-19H,5-12,14-15,17H2,1-4H3,(H,23,24);1H. The van der Waals surface area contributed by atoms with Gasteiger partial charge in [-0.05, 0) is 37.7 Å². The first-order valence-corrected chi connectivity index (χ1v) is 11.5. The zero-order valence-corrected chi connectivity index (χ0v) is 21.9. The van der Waals surface area contributed by atoms with Crippen molar-refractivity contribution in [2.24, 2.45) is 16.8 Å². The van der Waals surface area contributed by atoms with E-state index in [1.54, 1.807) is 0 Å². The summed E-state index contributed by atoms with van der Waals surface area (Å²) in [6, 6.07) is 0. The summed E-state index contributed by atoms with van der Waals surface area (Å²) in [5, 5.41) is 7.74. The van der Waals surface area contributed by atoms with Gasteiger partial charge in [0.25, 0.3) is 0 Å². The number of likely N-dealkylation sites (tertiary alicyclic amines) is 1. The summed E-state index contributed by atoms with van der Waals surface area (Å²) in [5.74, 6) is 2.47. The van der Waals surface area contributed by atoms with Crippen LogP contribution in [0.15, 0.2) is 17.4 Å². The van der Waals surface area contributed by atoms with Crippen molar-refractivity contribution in [3.8, 4) is 0 Å². The quantitative estimate of drug-likeness (QED) is 0.336. The lowest BCUT2D eigenvalue weighted by molar-refractivity contribution is -0.135. The molecule has 1 aromatic heterocycles. The van der Waals surface area contributed by atoms with Crippen LogP contribution in [0.2, 0.25) is 0 Å². The largest absolute Gasteiger partial charge is 0.357 e. The lowest BCUT2D eigenvalue weighted by atomic mass is 9.92. The fraction of sp³-hybridized carbons (Fsp3) is 0.773. The Hall–Kier alpha value is -1.36. The van der Waals surface area contributed by atoms with E-state index in [1.807, 2.05) is 24.0 Å². The number of piperazine rings is 1. The molecule has 2 unspecified atom stereocenters. The number of hydrogen-bond acceptors (Lipinski definition) is 4. The Balaban J connectivity index is 0.00000341. The number of amides is 1. The van der Waals surface area contributed by atoms with Crippen molar-refractivity contribution >= 4 is 35.8 Å². The zero-order chi connectivity index (χ0) is 21.5. The number of nitrogens with one attached hydrogen (secondary N) is 1. The van der Waals surface area contributed by atoms with Crippen LogP contribution < -0.4 is 5.32 Å². The number of carbonyl (C=O) groups is 1. The molecule has 9 heteroatoms. The lowest BCUT2D eigenvalue weighted by Crippen LogP contribution is -2.55. The van der Waals surface area contributed by atoms with Crippen LogP contribution in [0.4, 0.5) is 0 Å². The predicted octanol–water partition coefficient (Wildman–Crippen LogP) is 1.90. The molecule has 1 amide bonds. The number of halogens is 1. The van der Waals surface area contributed by atoms with E-state index in [-0.39, 0.29) is 29.9 Å². The Labute approximate surface area is 204 Å². The highest BCUT2D eigenvalue weighted by atomic mass is 127. The van der Waals surface area contributed by atoms with E-state index in [1.165, 1.54) is 12.0 Å². The summed E-state index contributed by atoms with van der Waals surface area (Å²) < 4.78 is 1.94. The van der Waals surface area contributed by atoms with Gasteiger partial charge >= 0.3 is 0 Å². The molecule has 2 atom stereocenters. The summed E-state index contributed by atoms with van der Waals surface area (Å²) in [6.45, 7) is 16.9. The smallest absolute Gasteiger partial charge is 0.236 e. The average molecular weight is 546 g/mol. The van der Waals surface area contributed by atoms with E-state index in [0.29, 0.717) is 24.9 Å². The molecule has 0 bridgehead atoms. The fourth-order valence-corrected chi connectivity index (χ4v) is 4.55. The third kappa shape index (κ3) is 7.93. The van der Waals surface area contributed by atoms with E-state index < -0.39 is 0 Å². The fourth-order valence-electron chi connectivity index (χ4n) is 4.55. The highest BCUT2D eigenvalue weighted by Crippen LogP contribution is 2.21. The van der Waals surface area contributed by atoms with Crippen LogP contribution >= 0.6 is 24.0 Å². The molecule has 2 saturated heterocycles. The number of aromatic nitrogens is 2. The van der Waals surface area contributed by atoms with E-state index in [9.17, 15) is 4.79 Å². The molecule has 31 heavy (non-hydrogen) atoms. The Morgan fingerprint density at radius 3 is 2.42 bits per heavy atom. The number of nitrogens with zero attached hydrogens (tertiary/aromatic N) is 6. The molecule has 2 aliphatic heterocycles. The highest BCUT2D eigenvalue weighted by molar-refractivity contribution is 14.0. The number of carbonyl (C=O) groups excluding carboxylic acids is 1. The van der Waals surface area contributed by atoms with E-state index in [0.717, 1.165) is 58.3 Å². The second kappa shape index (κ2) is 12.6. The molecule has 176 valence electrons. The van der Waals surface area contributed by atoms with Crippen molar-refractivity contribution in [2.45, 2.75) is 40.7 Å². The SMILES string of the molecule is CCNC(=NCCn1cc(C)cn1)N1CCN(CC(=O)N2CC(C)CC(C)C2)CC1.I. The Bertz CT molecular complexity index is 704. The molecule has 1 aromatic rings. The van der Waals surface area contributed by atoms with E-state index >= 15 is 0 Å². The summed E-state index contributed by atoms with van der Waals surface area (Å²) in [4.78, 5) is 24.3. The van der Waals surface area contributed by atoms with Crippen molar-refractivity contribution in [3.05, 3.63) is 18.0 Å². The number of aliphatic imine (C=N–C) groups is 1. The molecule has 2 fully saturated rings. The number of hydrogen-bond donors (Lipinski definition) is 1. The summed E-state index contributed by atoms with van der Waals surface area (Å²) in [5.41, 5.74) is 1.17. The third-order valence-corrected chi connectivity index (χ3v) is 5.94.